The van der Waals surface area contributed by atoms with Crippen LogP contribution in [0.1, 0.15) is 68.4 Å². The molecule has 1 saturated carbocycles. The van der Waals surface area contributed by atoms with Crippen LogP contribution >= 0.6 is 0 Å². The molecule has 1 aliphatic rings. The Balaban J connectivity index is 1.56. The van der Waals surface area contributed by atoms with Gasteiger partial charge in [-0.15, -0.1) is 0 Å². The molecule has 30 heavy (non-hydrogen) atoms. The highest BCUT2D eigenvalue weighted by atomic mass is 19.3. The molecule has 0 aliphatic heterocycles. The first-order valence-electron chi connectivity index (χ1n) is 10.5. The Morgan fingerprint density at radius 1 is 0.967 bits per heavy atom. The van der Waals surface area contributed by atoms with Crippen LogP contribution in [-0.4, -0.2) is 0 Å². The van der Waals surface area contributed by atoms with E-state index in [0.29, 0.717) is 29.4 Å². The minimum Gasteiger partial charge on any atom is -0.206 e. The van der Waals surface area contributed by atoms with E-state index in [0.717, 1.165) is 56.6 Å². The van der Waals surface area contributed by atoms with Crippen LogP contribution in [0.15, 0.2) is 48.6 Å². The largest absolute Gasteiger partial charge is 0.266 e. The van der Waals surface area contributed by atoms with Crippen LogP contribution in [0, 0.1) is 28.9 Å². The van der Waals surface area contributed by atoms with E-state index in [4.69, 9.17) is 5.26 Å². The molecule has 0 atom stereocenters. The first kappa shape index (κ1) is 22.1. The summed E-state index contributed by atoms with van der Waals surface area (Å²) in [6.45, 7) is 0. The lowest BCUT2D eigenvalue weighted by atomic mass is 9.77. The average Bonchev–Trinajstić information content (AvgIpc) is 2.73. The van der Waals surface area contributed by atoms with E-state index < -0.39 is 11.9 Å². The molecule has 1 aliphatic carbocycles. The molecule has 0 amide bonds. The number of allylic oxidation sites excluding steroid dienone is 1. The van der Waals surface area contributed by atoms with Crippen molar-refractivity contribution in [2.45, 2.75) is 57.3 Å². The minimum absolute atomic E-state index is 0.0569. The van der Waals surface area contributed by atoms with E-state index in [2.05, 4.69) is 0 Å². The highest BCUT2D eigenvalue weighted by Crippen LogP contribution is 2.39. The molecule has 0 N–H and O–H groups in total. The van der Waals surface area contributed by atoms with Crippen LogP contribution in [0.4, 0.5) is 17.6 Å². The molecule has 2 aromatic carbocycles. The number of hydrogen-bond acceptors (Lipinski definition) is 1. The van der Waals surface area contributed by atoms with Crippen molar-refractivity contribution in [3.05, 3.63) is 71.3 Å². The highest BCUT2D eigenvalue weighted by molar-refractivity contribution is 5.65. The van der Waals surface area contributed by atoms with Gasteiger partial charge in [-0.05, 0) is 85.8 Å². The van der Waals surface area contributed by atoms with Crippen LogP contribution < -0.4 is 0 Å². The van der Waals surface area contributed by atoms with Crippen molar-refractivity contribution in [2.75, 3.05) is 0 Å². The van der Waals surface area contributed by atoms with Crippen LogP contribution in [0.2, 0.25) is 0 Å². The predicted molar refractivity (Wildman–Crippen MR) is 110 cm³/mol. The van der Waals surface area contributed by atoms with Gasteiger partial charge in [0, 0.05) is 5.56 Å². The first-order valence-corrected chi connectivity index (χ1v) is 10.5. The van der Waals surface area contributed by atoms with Gasteiger partial charge in [-0.25, -0.2) is 8.78 Å². The summed E-state index contributed by atoms with van der Waals surface area (Å²) in [7, 11) is 0. The standard InChI is InChI=1S/C25H25F4N/c26-23-15-20(10-11-21(23)16-30)22-13-12-19(14-24(22)27)18-8-6-17(7-9-18)4-2-1-3-5-25(28)29/h5,10-15,17-18H,1-4,6-9H2. The van der Waals surface area contributed by atoms with E-state index in [1.54, 1.807) is 24.3 Å². The zero-order chi connectivity index (χ0) is 21.5. The van der Waals surface area contributed by atoms with Gasteiger partial charge < -0.3 is 0 Å². The number of benzene rings is 2. The Morgan fingerprint density at radius 3 is 2.37 bits per heavy atom. The van der Waals surface area contributed by atoms with Crippen molar-refractivity contribution < 1.29 is 17.6 Å². The number of rotatable bonds is 7. The molecular formula is C25H25F4N. The van der Waals surface area contributed by atoms with Gasteiger partial charge in [0.25, 0.3) is 6.08 Å². The Labute approximate surface area is 175 Å². The maximum atomic E-state index is 14.7. The van der Waals surface area contributed by atoms with Crippen molar-refractivity contribution >= 4 is 0 Å². The minimum atomic E-state index is -1.60. The summed E-state index contributed by atoms with van der Waals surface area (Å²) in [6.07, 6.45) is 6.77. The zero-order valence-corrected chi connectivity index (χ0v) is 16.8. The summed E-state index contributed by atoms with van der Waals surface area (Å²) in [4.78, 5) is 0. The van der Waals surface area contributed by atoms with E-state index in [-0.39, 0.29) is 11.4 Å². The van der Waals surface area contributed by atoms with Crippen LogP contribution in [-0.2, 0) is 0 Å². The maximum absolute atomic E-state index is 14.7. The van der Waals surface area contributed by atoms with Crippen molar-refractivity contribution in [3.8, 4) is 17.2 Å². The highest BCUT2D eigenvalue weighted by Gasteiger charge is 2.23. The lowest BCUT2D eigenvalue weighted by molar-refractivity contribution is 0.303. The van der Waals surface area contributed by atoms with Gasteiger partial charge in [-0.1, -0.05) is 31.0 Å². The van der Waals surface area contributed by atoms with Gasteiger partial charge >= 0.3 is 0 Å². The van der Waals surface area contributed by atoms with Crippen molar-refractivity contribution in [1.82, 2.24) is 0 Å². The smallest absolute Gasteiger partial charge is 0.206 e. The molecule has 3 rings (SSSR count). The molecular weight excluding hydrogens is 390 g/mol. The Bertz CT molecular complexity index is 933. The lowest BCUT2D eigenvalue weighted by Crippen LogP contribution is -2.13. The SMILES string of the molecule is N#Cc1ccc(-c2ccc(C3CCC(CCCCC=C(F)F)CC3)cc2F)cc1F. The second-order valence-electron chi connectivity index (χ2n) is 8.04. The predicted octanol–water partition coefficient (Wildman–Crippen LogP) is 8.12. The topological polar surface area (TPSA) is 23.8 Å². The molecule has 0 aromatic heterocycles. The fourth-order valence-electron chi connectivity index (χ4n) is 4.37. The molecule has 0 spiro atoms. The van der Waals surface area contributed by atoms with E-state index >= 15 is 0 Å². The van der Waals surface area contributed by atoms with Crippen LogP contribution in [0.5, 0.6) is 0 Å². The number of hydrogen-bond donors (Lipinski definition) is 0. The summed E-state index contributed by atoms with van der Waals surface area (Å²) in [5, 5.41) is 8.83. The molecule has 1 fully saturated rings. The third kappa shape index (κ3) is 5.72. The Morgan fingerprint density at radius 2 is 1.73 bits per heavy atom. The second-order valence-corrected chi connectivity index (χ2v) is 8.04. The third-order valence-corrected chi connectivity index (χ3v) is 6.08. The summed E-state index contributed by atoms with van der Waals surface area (Å²) >= 11 is 0. The van der Waals surface area contributed by atoms with Crippen LogP contribution in [0.25, 0.3) is 11.1 Å². The van der Waals surface area contributed by atoms with Gasteiger partial charge in [-0.2, -0.15) is 14.0 Å². The summed E-state index contributed by atoms with van der Waals surface area (Å²) in [6, 6.07) is 11.0. The van der Waals surface area contributed by atoms with Crippen LogP contribution in [0.3, 0.4) is 0 Å². The second kappa shape index (κ2) is 10.4. The quantitative estimate of drug-likeness (QED) is 0.331. The summed E-state index contributed by atoms with van der Waals surface area (Å²) in [5.41, 5.74) is 1.65. The number of nitriles is 1. The fraction of sp³-hybridized carbons (Fsp3) is 0.400. The van der Waals surface area contributed by atoms with Gasteiger partial charge in [0.2, 0.25) is 0 Å². The normalized spacial score (nSPS) is 18.6. The average molecular weight is 415 g/mol. The van der Waals surface area contributed by atoms with Gasteiger partial charge in [0.15, 0.2) is 0 Å². The fourth-order valence-corrected chi connectivity index (χ4v) is 4.37. The van der Waals surface area contributed by atoms with E-state index in [1.807, 2.05) is 6.07 Å². The third-order valence-electron chi connectivity index (χ3n) is 6.08. The molecule has 0 heterocycles. The molecule has 0 saturated heterocycles. The molecule has 1 nitrogen and oxygen atoms in total. The molecule has 0 bridgehead atoms. The van der Waals surface area contributed by atoms with Gasteiger partial charge in [0.1, 0.15) is 17.7 Å². The van der Waals surface area contributed by atoms with Crippen molar-refractivity contribution in [2.24, 2.45) is 5.92 Å². The van der Waals surface area contributed by atoms with Gasteiger partial charge in [-0.3, -0.25) is 0 Å². The molecule has 158 valence electrons. The lowest BCUT2D eigenvalue weighted by Gasteiger charge is -2.29. The molecule has 5 heteroatoms. The number of halogens is 4. The molecule has 0 radical (unpaired) electrons. The monoisotopic (exact) mass is 415 g/mol. The molecule has 2 aromatic rings. The Hall–Kier alpha value is -2.61. The summed E-state index contributed by atoms with van der Waals surface area (Å²) < 4.78 is 52.6. The molecule has 0 unspecified atom stereocenters. The number of nitrogens with zero attached hydrogens (tertiary/aromatic N) is 1. The Kier molecular flexibility index (Phi) is 7.68. The first-order chi connectivity index (χ1) is 14.5. The van der Waals surface area contributed by atoms with E-state index in [1.165, 1.54) is 12.1 Å². The van der Waals surface area contributed by atoms with Crippen molar-refractivity contribution in [3.63, 3.8) is 0 Å². The summed E-state index contributed by atoms with van der Waals surface area (Å²) in [5.74, 6) is -0.105. The van der Waals surface area contributed by atoms with Gasteiger partial charge in [0.05, 0.1) is 5.56 Å². The zero-order valence-electron chi connectivity index (χ0n) is 16.8. The maximum Gasteiger partial charge on any atom is 0.266 e. The number of unbranched alkanes of at least 4 members (excludes halogenated alkanes) is 2. The van der Waals surface area contributed by atoms with E-state index in [9.17, 15) is 17.6 Å². The van der Waals surface area contributed by atoms with Crippen molar-refractivity contribution in [1.29, 1.82) is 5.26 Å².